The quantitative estimate of drug-likeness (QED) is 0.852. The number of carbonyl (C=O) groups is 1. The summed E-state index contributed by atoms with van der Waals surface area (Å²) in [6, 6.07) is 16.9. The second kappa shape index (κ2) is 8.11. The Bertz CT molecular complexity index is 672. The first-order valence-corrected chi connectivity index (χ1v) is 8.84. The lowest BCUT2D eigenvalue weighted by Crippen LogP contribution is -2.23. The zero-order valence-electron chi connectivity index (χ0n) is 14.3. The van der Waals surface area contributed by atoms with E-state index in [2.05, 4.69) is 66.1 Å². The summed E-state index contributed by atoms with van der Waals surface area (Å²) >= 11 is 0. The van der Waals surface area contributed by atoms with E-state index < -0.39 is 0 Å². The van der Waals surface area contributed by atoms with Crippen LogP contribution in [-0.4, -0.2) is 19.0 Å². The predicted molar refractivity (Wildman–Crippen MR) is 98.7 cm³/mol. The van der Waals surface area contributed by atoms with E-state index in [9.17, 15) is 4.79 Å². The molecule has 3 nitrogen and oxygen atoms in total. The molecule has 0 radical (unpaired) electrons. The number of rotatable bonds is 6. The zero-order chi connectivity index (χ0) is 16.8. The third kappa shape index (κ3) is 4.68. The lowest BCUT2D eigenvalue weighted by molar-refractivity contribution is -0.121. The monoisotopic (exact) mass is 322 g/mol. The van der Waals surface area contributed by atoms with Gasteiger partial charge in [0.15, 0.2) is 0 Å². The number of benzene rings is 2. The Labute approximate surface area is 144 Å². The summed E-state index contributed by atoms with van der Waals surface area (Å²) in [6.07, 6.45) is 2.83. The second-order valence-corrected chi connectivity index (χ2v) is 6.74. The average Bonchev–Trinajstić information content (AvgIpc) is 3.12. The van der Waals surface area contributed by atoms with E-state index in [0.717, 1.165) is 25.1 Å². The smallest absolute Gasteiger partial charge is 0.220 e. The molecule has 3 heteroatoms. The summed E-state index contributed by atoms with van der Waals surface area (Å²) in [7, 11) is 0. The number of carbonyl (C=O) groups excluding carboxylic acids is 1. The van der Waals surface area contributed by atoms with Crippen LogP contribution in [0.15, 0.2) is 48.5 Å². The maximum absolute atomic E-state index is 12.0. The van der Waals surface area contributed by atoms with Crippen molar-refractivity contribution in [1.29, 1.82) is 0 Å². The van der Waals surface area contributed by atoms with Crippen LogP contribution in [0.1, 0.15) is 30.4 Å². The van der Waals surface area contributed by atoms with Gasteiger partial charge in [-0.25, -0.2) is 0 Å². The molecule has 0 aromatic heterocycles. The van der Waals surface area contributed by atoms with Crippen molar-refractivity contribution in [2.75, 3.05) is 13.1 Å². The average molecular weight is 322 g/mol. The first kappa shape index (κ1) is 16.7. The molecule has 1 saturated heterocycles. The largest absolute Gasteiger partial charge is 0.352 e. The SMILES string of the molecule is Cc1cccc(-c2ccc(CNC(=O)CCC3CCNC3)cc2)c1. The lowest BCUT2D eigenvalue weighted by Gasteiger charge is -2.09. The first-order valence-electron chi connectivity index (χ1n) is 8.84. The van der Waals surface area contributed by atoms with E-state index in [1.165, 1.54) is 23.1 Å². The van der Waals surface area contributed by atoms with E-state index in [1.807, 2.05) is 0 Å². The third-order valence-electron chi connectivity index (χ3n) is 4.74. The number of aryl methyl sites for hydroxylation is 1. The molecular weight excluding hydrogens is 296 g/mol. The minimum absolute atomic E-state index is 0.157. The van der Waals surface area contributed by atoms with Gasteiger partial charge in [0, 0.05) is 13.0 Å². The van der Waals surface area contributed by atoms with Gasteiger partial charge < -0.3 is 10.6 Å². The van der Waals surface area contributed by atoms with Crippen molar-refractivity contribution < 1.29 is 4.79 Å². The molecule has 2 aromatic rings. The minimum atomic E-state index is 0.157. The van der Waals surface area contributed by atoms with Crippen LogP contribution in [0, 0.1) is 12.8 Å². The molecule has 1 unspecified atom stereocenters. The van der Waals surface area contributed by atoms with Crippen LogP contribution in [0.25, 0.3) is 11.1 Å². The molecule has 2 N–H and O–H groups in total. The molecule has 0 aliphatic carbocycles. The van der Waals surface area contributed by atoms with E-state index in [1.54, 1.807) is 0 Å². The Morgan fingerprint density at radius 1 is 1.17 bits per heavy atom. The highest BCUT2D eigenvalue weighted by Gasteiger charge is 2.15. The van der Waals surface area contributed by atoms with E-state index in [4.69, 9.17) is 0 Å². The fourth-order valence-corrected chi connectivity index (χ4v) is 3.22. The highest BCUT2D eigenvalue weighted by molar-refractivity contribution is 5.75. The number of hydrogen-bond acceptors (Lipinski definition) is 2. The minimum Gasteiger partial charge on any atom is -0.352 e. The van der Waals surface area contributed by atoms with Gasteiger partial charge in [0.05, 0.1) is 0 Å². The first-order chi connectivity index (χ1) is 11.7. The molecule has 1 aliphatic rings. The van der Waals surface area contributed by atoms with E-state index in [-0.39, 0.29) is 5.91 Å². The van der Waals surface area contributed by atoms with Gasteiger partial charge in [0.1, 0.15) is 0 Å². The van der Waals surface area contributed by atoms with Crippen molar-refractivity contribution in [3.05, 3.63) is 59.7 Å². The van der Waals surface area contributed by atoms with Crippen molar-refractivity contribution >= 4 is 5.91 Å². The fraction of sp³-hybridized carbons (Fsp3) is 0.381. The standard InChI is InChI=1S/C21H26N2O/c1-16-3-2-4-20(13-16)19-8-5-17(6-9-19)15-23-21(24)10-7-18-11-12-22-14-18/h2-6,8-9,13,18,22H,7,10-12,14-15H2,1H3,(H,23,24). The lowest BCUT2D eigenvalue weighted by atomic mass is 10.0. The summed E-state index contributed by atoms with van der Waals surface area (Å²) in [5, 5.41) is 6.38. The highest BCUT2D eigenvalue weighted by Crippen LogP contribution is 2.21. The van der Waals surface area contributed by atoms with Crippen LogP contribution in [0.4, 0.5) is 0 Å². The number of amides is 1. The predicted octanol–water partition coefficient (Wildman–Crippen LogP) is 3.67. The van der Waals surface area contributed by atoms with E-state index >= 15 is 0 Å². The van der Waals surface area contributed by atoms with Crippen LogP contribution >= 0.6 is 0 Å². The summed E-state index contributed by atoms with van der Waals surface area (Å²) in [5.74, 6) is 0.828. The molecule has 24 heavy (non-hydrogen) atoms. The van der Waals surface area contributed by atoms with Gasteiger partial charge in [0.2, 0.25) is 5.91 Å². The van der Waals surface area contributed by atoms with Gasteiger partial charge in [-0.2, -0.15) is 0 Å². The van der Waals surface area contributed by atoms with Crippen LogP contribution < -0.4 is 10.6 Å². The fourth-order valence-electron chi connectivity index (χ4n) is 3.22. The van der Waals surface area contributed by atoms with Crippen molar-refractivity contribution in [3.63, 3.8) is 0 Å². The Morgan fingerprint density at radius 2 is 2.00 bits per heavy atom. The van der Waals surface area contributed by atoms with Crippen LogP contribution in [-0.2, 0) is 11.3 Å². The van der Waals surface area contributed by atoms with Crippen LogP contribution in [0.5, 0.6) is 0 Å². The summed E-state index contributed by atoms with van der Waals surface area (Å²) in [5.41, 5.74) is 4.85. The Hall–Kier alpha value is -2.13. The molecule has 1 atom stereocenters. The molecule has 0 bridgehead atoms. The van der Waals surface area contributed by atoms with Crippen molar-refractivity contribution in [1.82, 2.24) is 10.6 Å². The molecule has 2 aromatic carbocycles. The molecule has 3 rings (SSSR count). The Balaban J connectivity index is 1.48. The number of nitrogens with one attached hydrogen (secondary N) is 2. The Morgan fingerprint density at radius 3 is 2.71 bits per heavy atom. The molecule has 1 amide bonds. The van der Waals surface area contributed by atoms with Gasteiger partial charge in [-0.3, -0.25) is 4.79 Å². The van der Waals surface area contributed by atoms with Gasteiger partial charge in [-0.15, -0.1) is 0 Å². The third-order valence-corrected chi connectivity index (χ3v) is 4.74. The van der Waals surface area contributed by atoms with Crippen molar-refractivity contribution in [3.8, 4) is 11.1 Å². The topological polar surface area (TPSA) is 41.1 Å². The maximum atomic E-state index is 12.0. The molecule has 126 valence electrons. The summed E-state index contributed by atoms with van der Waals surface area (Å²) in [6.45, 7) is 4.87. The zero-order valence-corrected chi connectivity index (χ0v) is 14.3. The van der Waals surface area contributed by atoms with Gasteiger partial charge >= 0.3 is 0 Å². The molecule has 0 saturated carbocycles. The highest BCUT2D eigenvalue weighted by atomic mass is 16.1. The van der Waals surface area contributed by atoms with Gasteiger partial charge in [-0.1, -0.05) is 54.1 Å². The molecule has 0 spiro atoms. The van der Waals surface area contributed by atoms with Crippen molar-refractivity contribution in [2.45, 2.75) is 32.7 Å². The Kier molecular flexibility index (Phi) is 5.65. The second-order valence-electron chi connectivity index (χ2n) is 6.74. The normalized spacial score (nSPS) is 17.0. The summed E-state index contributed by atoms with van der Waals surface area (Å²) in [4.78, 5) is 12.0. The van der Waals surface area contributed by atoms with Crippen LogP contribution in [0.2, 0.25) is 0 Å². The van der Waals surface area contributed by atoms with E-state index in [0.29, 0.717) is 18.9 Å². The molecular formula is C21H26N2O. The molecule has 1 fully saturated rings. The van der Waals surface area contributed by atoms with Crippen LogP contribution in [0.3, 0.4) is 0 Å². The maximum Gasteiger partial charge on any atom is 0.220 e. The summed E-state index contributed by atoms with van der Waals surface area (Å²) < 4.78 is 0. The van der Waals surface area contributed by atoms with Gasteiger partial charge in [-0.05, 0) is 55.5 Å². The van der Waals surface area contributed by atoms with Crippen molar-refractivity contribution in [2.24, 2.45) is 5.92 Å². The molecule has 1 aliphatic heterocycles. The van der Waals surface area contributed by atoms with Gasteiger partial charge in [0.25, 0.3) is 0 Å². The molecule has 1 heterocycles. The number of hydrogen-bond donors (Lipinski definition) is 2.